The van der Waals surface area contributed by atoms with Crippen molar-refractivity contribution < 1.29 is 20.0 Å². The van der Waals surface area contributed by atoms with Crippen LogP contribution in [0, 0.1) is 31.6 Å². The topological polar surface area (TPSA) is 14.1 Å². The Morgan fingerprint density at radius 3 is 1.10 bits per heavy atom. The van der Waals surface area contributed by atoms with Crippen LogP contribution in [-0.2, 0) is 20.0 Å². The Labute approximate surface area is 264 Å². The zero-order valence-corrected chi connectivity index (χ0v) is 32.3. The molecule has 2 aromatic carbocycles. The van der Waals surface area contributed by atoms with Crippen LogP contribution in [-0.4, -0.2) is 27.0 Å². The largest absolute Gasteiger partial charge is 0.657 e. The normalized spacial score (nSPS) is 12.1. The molecule has 0 radical (unpaired) electrons. The minimum absolute atomic E-state index is 0.250. The molecule has 2 aromatic rings. The first-order valence-corrected chi connectivity index (χ1v) is 18.8. The first kappa shape index (κ1) is 39.7. The molecule has 0 fully saturated rings. The van der Waals surface area contributed by atoms with Gasteiger partial charge in [-0.05, 0) is 47.1 Å². The molecule has 0 N–H and O–H groups in total. The number of hydrogen-bond donors (Lipinski definition) is 0. The standard InChI is InChI=1S/C26H40NP2.C5H11.C5H10.Ti/c1-17(2)28(18(3)4)25-15-21(9)11-13-23(25)27-24-14-12-22(10)16-26(24)29(19(5)6)20(7)8;2*1-5(2,3)4;/h11-20H,1-10H3;1H2,2-4H3;1H,2-4H3;/q2*-1;;+2. The second-order valence-corrected chi connectivity index (χ2v) is 21.5. The number of hydrogen-bond acceptors (Lipinski definition) is 0. The maximum Gasteiger partial charge on any atom is -0.0224 e. The smallest absolute Gasteiger partial charge is 0.0224 e. The van der Waals surface area contributed by atoms with Crippen LogP contribution in [0.25, 0.3) is 5.32 Å². The monoisotopic (exact) mass is 617 g/mol. The van der Waals surface area contributed by atoms with Gasteiger partial charge in [0, 0.05) is 0 Å². The number of nitrogens with zero attached hydrogens (tertiary/aromatic N) is 1. The fraction of sp³-hybridized carbons (Fsp3) is 0.611. The molecule has 4 heteroatoms. The van der Waals surface area contributed by atoms with E-state index >= 15 is 0 Å². The molecule has 2 rings (SSSR count). The summed E-state index contributed by atoms with van der Waals surface area (Å²) >= 11 is 2.08. The van der Waals surface area contributed by atoms with Crippen molar-refractivity contribution in [2.45, 2.75) is 133 Å². The van der Waals surface area contributed by atoms with Gasteiger partial charge in [0.05, 0.1) is 0 Å². The molecule has 0 saturated carbocycles. The summed E-state index contributed by atoms with van der Waals surface area (Å²) < 4.78 is 2.19. The van der Waals surface area contributed by atoms with Crippen molar-refractivity contribution in [2.75, 3.05) is 0 Å². The van der Waals surface area contributed by atoms with Crippen molar-refractivity contribution in [3.63, 3.8) is 0 Å². The van der Waals surface area contributed by atoms with Crippen LogP contribution < -0.4 is 10.6 Å². The van der Waals surface area contributed by atoms with Crippen LogP contribution in [0.2, 0.25) is 0 Å². The zero-order chi connectivity index (χ0) is 31.6. The Kier molecular flexibility index (Phi) is 17.6. The van der Waals surface area contributed by atoms with Crippen LogP contribution >= 0.6 is 15.8 Å². The Morgan fingerprint density at radius 2 is 0.900 bits per heavy atom. The molecular weight excluding hydrogens is 556 g/mol. The van der Waals surface area contributed by atoms with Gasteiger partial charge in [-0.1, -0.05) is 140 Å². The summed E-state index contributed by atoms with van der Waals surface area (Å²) in [4.78, 5) is 0. The summed E-state index contributed by atoms with van der Waals surface area (Å²) in [5, 5.41) is 8.26. The summed E-state index contributed by atoms with van der Waals surface area (Å²) in [5.74, 6) is 0. The van der Waals surface area contributed by atoms with Gasteiger partial charge < -0.3 is 12.2 Å². The number of benzene rings is 2. The molecule has 40 heavy (non-hydrogen) atoms. The Bertz CT molecular complexity index is 937. The molecule has 0 bridgehead atoms. The van der Waals surface area contributed by atoms with Gasteiger partial charge in [0.2, 0.25) is 0 Å². The fourth-order valence-electron chi connectivity index (χ4n) is 4.30. The predicted molar refractivity (Wildman–Crippen MR) is 189 cm³/mol. The van der Waals surface area contributed by atoms with Gasteiger partial charge in [0.25, 0.3) is 0 Å². The predicted octanol–water partition coefficient (Wildman–Crippen LogP) is 11.7. The maximum absolute atomic E-state index is 5.33. The van der Waals surface area contributed by atoms with E-state index < -0.39 is 0 Å². The SMILES string of the molecule is CC(C)(C)[CH]=[Ti+2].Cc1ccc([N-]c2ccc(C)cc2P(C(C)C)C(C)C)c(P(C(C)C)C(C)C)c1.[CH2-]C(C)(C)C. The Balaban J connectivity index is 0.00000117. The summed E-state index contributed by atoms with van der Waals surface area (Å²) in [6.45, 7) is 39.9. The van der Waals surface area contributed by atoms with E-state index in [4.69, 9.17) is 5.32 Å². The molecule has 0 spiro atoms. The summed E-state index contributed by atoms with van der Waals surface area (Å²) in [5.41, 5.74) is 8.31. The fourth-order valence-corrected chi connectivity index (χ4v) is 10.4. The van der Waals surface area contributed by atoms with E-state index in [0.717, 1.165) is 0 Å². The molecular formula is C36H61NP2Ti. The van der Waals surface area contributed by atoms with Gasteiger partial charge in [-0.3, -0.25) is 0 Å². The third kappa shape index (κ3) is 15.8. The quantitative estimate of drug-likeness (QED) is 0.159. The maximum atomic E-state index is 5.33. The van der Waals surface area contributed by atoms with E-state index in [1.54, 1.807) is 0 Å². The molecule has 0 unspecified atom stereocenters. The summed E-state index contributed by atoms with van der Waals surface area (Å²) in [7, 11) is -0.503. The van der Waals surface area contributed by atoms with E-state index in [2.05, 4.69) is 178 Å². The molecule has 0 aliphatic heterocycles. The third-order valence-electron chi connectivity index (χ3n) is 5.72. The van der Waals surface area contributed by atoms with Crippen LogP contribution in [0.4, 0.5) is 11.4 Å². The second-order valence-electron chi connectivity index (χ2n) is 14.4. The number of aryl methyl sites for hydroxylation is 2. The number of rotatable bonds is 8. The molecule has 0 aliphatic carbocycles. The van der Waals surface area contributed by atoms with Crippen molar-refractivity contribution in [1.82, 2.24) is 0 Å². The molecule has 224 valence electrons. The van der Waals surface area contributed by atoms with Gasteiger partial charge in [-0.2, -0.15) is 5.41 Å². The molecule has 0 heterocycles. The molecule has 0 atom stereocenters. The van der Waals surface area contributed by atoms with E-state index in [9.17, 15) is 0 Å². The van der Waals surface area contributed by atoms with Gasteiger partial charge in [-0.15, -0.1) is 11.4 Å². The van der Waals surface area contributed by atoms with Crippen LogP contribution in [0.3, 0.4) is 0 Å². The minimum atomic E-state index is -0.251. The summed E-state index contributed by atoms with van der Waals surface area (Å²) in [6.07, 6.45) is 0. The average Bonchev–Trinajstić information content (AvgIpc) is 2.75. The van der Waals surface area contributed by atoms with Gasteiger partial charge in [0.1, 0.15) is 0 Å². The van der Waals surface area contributed by atoms with Gasteiger partial charge in [-0.25, -0.2) is 0 Å². The van der Waals surface area contributed by atoms with E-state index in [1.165, 1.54) is 33.1 Å². The Hall–Kier alpha value is -0.316. The van der Waals surface area contributed by atoms with Crippen molar-refractivity contribution in [1.29, 1.82) is 0 Å². The minimum Gasteiger partial charge on any atom is -0.657 e. The van der Waals surface area contributed by atoms with Crippen LogP contribution in [0.1, 0.15) is 108 Å². The third-order valence-corrected chi connectivity index (χ3v) is 13.3. The first-order chi connectivity index (χ1) is 18.1. The van der Waals surface area contributed by atoms with Crippen molar-refractivity contribution in [3.05, 3.63) is 59.8 Å². The Morgan fingerprint density at radius 1 is 0.650 bits per heavy atom. The molecule has 1 nitrogen and oxygen atoms in total. The van der Waals surface area contributed by atoms with Crippen molar-refractivity contribution >= 4 is 42.1 Å². The first-order valence-electron chi connectivity index (χ1n) is 15.0. The molecule has 0 amide bonds. The van der Waals surface area contributed by atoms with Crippen molar-refractivity contribution in [3.8, 4) is 0 Å². The van der Waals surface area contributed by atoms with E-state index in [-0.39, 0.29) is 21.3 Å². The molecule has 0 saturated heterocycles. The summed E-state index contributed by atoms with van der Waals surface area (Å²) in [6, 6.07) is 13.7. The van der Waals surface area contributed by atoms with Crippen molar-refractivity contribution in [2.24, 2.45) is 10.8 Å². The second kappa shape index (κ2) is 17.7. The van der Waals surface area contributed by atoms with Gasteiger partial charge >= 0.3 is 50.5 Å². The van der Waals surface area contributed by atoms with Crippen LogP contribution in [0.15, 0.2) is 36.4 Å². The zero-order valence-electron chi connectivity index (χ0n) is 28.9. The van der Waals surface area contributed by atoms with Gasteiger partial charge in [0.15, 0.2) is 0 Å². The van der Waals surface area contributed by atoms with E-state index in [1.807, 2.05) is 0 Å². The average molecular weight is 618 g/mol. The molecule has 0 aromatic heterocycles. The molecule has 0 aliphatic rings. The van der Waals surface area contributed by atoms with E-state index in [0.29, 0.717) is 28.1 Å². The van der Waals surface area contributed by atoms with Crippen LogP contribution in [0.5, 0.6) is 0 Å².